The number of carboxylic acids is 1. The van der Waals surface area contributed by atoms with Crippen molar-refractivity contribution in [3.63, 3.8) is 0 Å². The summed E-state index contributed by atoms with van der Waals surface area (Å²) in [6, 6.07) is 7.44. The van der Waals surface area contributed by atoms with E-state index in [1.54, 1.807) is 18.3 Å². The van der Waals surface area contributed by atoms with Crippen LogP contribution in [0, 0.1) is 17.7 Å². The molecule has 2 atom stereocenters. The SMILES string of the molecule is C[C@@H](COc1c(Cl)cnc2c1CCCC2)CC1Cc2cc(O)c(O)cc2C12CCC(Nc1ccc(F)c(Cl)c1)(C(=O)O)CC2. The minimum absolute atomic E-state index is 0.0762. The molecule has 1 heterocycles. The van der Waals surface area contributed by atoms with Gasteiger partial charge in [0.1, 0.15) is 22.1 Å². The zero-order valence-corrected chi connectivity index (χ0v) is 26.1. The number of hydrogen-bond donors (Lipinski definition) is 4. The fourth-order valence-corrected chi connectivity index (χ4v) is 8.23. The van der Waals surface area contributed by atoms with Crippen LogP contribution in [-0.4, -0.2) is 38.4 Å². The van der Waals surface area contributed by atoms with E-state index < -0.39 is 17.3 Å². The molecule has 0 aliphatic heterocycles. The molecule has 1 saturated carbocycles. The normalized spacial score (nSPS) is 24.9. The highest BCUT2D eigenvalue weighted by atomic mass is 35.5. The van der Waals surface area contributed by atoms with Crippen LogP contribution in [0.5, 0.6) is 17.2 Å². The Bertz CT molecular complexity index is 1590. The van der Waals surface area contributed by atoms with Gasteiger partial charge in [-0.3, -0.25) is 4.98 Å². The number of pyridine rings is 1. The number of nitrogens with zero attached hydrogens (tertiary/aromatic N) is 1. The zero-order chi connectivity index (χ0) is 31.2. The Morgan fingerprint density at radius 3 is 2.55 bits per heavy atom. The van der Waals surface area contributed by atoms with Gasteiger partial charge in [-0.25, -0.2) is 9.18 Å². The van der Waals surface area contributed by atoms with Gasteiger partial charge >= 0.3 is 5.97 Å². The van der Waals surface area contributed by atoms with Crippen molar-refractivity contribution in [1.82, 2.24) is 4.98 Å². The molecular formula is C34H37Cl2FN2O5. The Kier molecular flexibility index (Phi) is 8.35. The van der Waals surface area contributed by atoms with Crippen molar-refractivity contribution in [3.8, 4) is 17.2 Å². The molecule has 1 aromatic heterocycles. The average Bonchev–Trinajstić information content (AvgIpc) is 3.26. The molecule has 3 aliphatic carbocycles. The maximum Gasteiger partial charge on any atom is 0.329 e. The number of rotatable bonds is 8. The first-order valence-corrected chi connectivity index (χ1v) is 16.1. The highest BCUT2D eigenvalue weighted by molar-refractivity contribution is 6.32. The third kappa shape index (κ3) is 5.56. The van der Waals surface area contributed by atoms with Crippen molar-refractivity contribution in [3.05, 3.63) is 74.8 Å². The third-order valence-corrected chi connectivity index (χ3v) is 10.7. The number of benzene rings is 2. The van der Waals surface area contributed by atoms with Crippen molar-refractivity contribution in [2.24, 2.45) is 11.8 Å². The number of anilines is 1. The number of nitrogens with one attached hydrogen (secondary N) is 1. The Morgan fingerprint density at radius 1 is 1.09 bits per heavy atom. The van der Waals surface area contributed by atoms with Crippen LogP contribution in [0.25, 0.3) is 0 Å². The van der Waals surface area contributed by atoms with Crippen molar-refractivity contribution < 1.29 is 29.2 Å². The van der Waals surface area contributed by atoms with Gasteiger partial charge in [0.2, 0.25) is 0 Å². The molecule has 234 valence electrons. The Balaban J connectivity index is 1.23. The minimum atomic E-state index is -1.26. The van der Waals surface area contributed by atoms with Crippen molar-refractivity contribution in [2.75, 3.05) is 11.9 Å². The molecule has 6 rings (SSSR count). The number of fused-ring (bicyclic) bond motifs is 3. The lowest BCUT2D eigenvalue weighted by Gasteiger charge is -2.47. The van der Waals surface area contributed by atoms with Gasteiger partial charge in [-0.1, -0.05) is 30.1 Å². The summed E-state index contributed by atoms with van der Waals surface area (Å²) >= 11 is 12.5. The van der Waals surface area contributed by atoms with E-state index in [-0.39, 0.29) is 33.8 Å². The number of aromatic nitrogens is 1. The molecule has 4 N–H and O–H groups in total. The number of carboxylic acid groups (broad SMARTS) is 1. The fourth-order valence-electron chi connectivity index (χ4n) is 7.83. The maximum atomic E-state index is 13.8. The summed E-state index contributed by atoms with van der Waals surface area (Å²) in [5, 5.41) is 34.8. The van der Waals surface area contributed by atoms with Gasteiger partial charge < -0.3 is 25.4 Å². The predicted octanol–water partition coefficient (Wildman–Crippen LogP) is 7.84. The lowest BCUT2D eigenvalue weighted by molar-refractivity contribution is -0.144. The number of halogens is 3. The monoisotopic (exact) mass is 642 g/mol. The second-order valence-corrected chi connectivity index (χ2v) is 13.7. The number of phenols is 2. The van der Waals surface area contributed by atoms with Gasteiger partial charge in [-0.05, 0) is 123 Å². The number of carbonyl (C=O) groups is 1. The lowest BCUT2D eigenvalue weighted by Crippen LogP contribution is -2.53. The topological polar surface area (TPSA) is 112 Å². The van der Waals surface area contributed by atoms with E-state index in [1.807, 2.05) is 0 Å². The van der Waals surface area contributed by atoms with E-state index in [4.69, 9.17) is 27.9 Å². The quantitative estimate of drug-likeness (QED) is 0.185. The van der Waals surface area contributed by atoms with Gasteiger partial charge in [0.05, 0.1) is 11.6 Å². The molecule has 10 heteroatoms. The third-order valence-electron chi connectivity index (χ3n) is 10.2. The molecular weight excluding hydrogens is 606 g/mol. The number of aromatic hydroxyl groups is 2. The molecule has 1 unspecified atom stereocenters. The van der Waals surface area contributed by atoms with Gasteiger partial charge in [0, 0.05) is 23.1 Å². The summed E-state index contributed by atoms with van der Waals surface area (Å²) in [5.41, 5.74) is 2.93. The Morgan fingerprint density at radius 2 is 1.82 bits per heavy atom. The van der Waals surface area contributed by atoms with Crippen molar-refractivity contribution >= 4 is 34.9 Å². The highest BCUT2D eigenvalue weighted by Gasteiger charge is 2.54. The fraction of sp³-hybridized carbons (Fsp3) is 0.471. The van der Waals surface area contributed by atoms with E-state index in [1.165, 1.54) is 18.2 Å². The van der Waals surface area contributed by atoms with Crippen molar-refractivity contribution in [1.29, 1.82) is 0 Å². The summed E-state index contributed by atoms with van der Waals surface area (Å²) in [6.45, 7) is 2.62. The smallest absolute Gasteiger partial charge is 0.329 e. The standard InChI is InChI=1S/C34H37Cl2FN2O5/c1-19(18-44-31-23-4-2-3-5-28(23)38-17-26(31)36)12-21-13-20-14-29(40)30(41)16-24(20)33(21)8-10-34(11-9-33,32(42)43)39-22-6-7-27(37)25(35)15-22/h6-7,14-17,19,21,39-41H,2-5,8-13,18H2,1H3,(H,42,43)/t19-,21?,33?,34?/m1/s1. The molecule has 1 fully saturated rings. The van der Waals surface area contributed by atoms with E-state index in [0.29, 0.717) is 49.4 Å². The summed E-state index contributed by atoms with van der Waals surface area (Å²) < 4.78 is 20.2. The lowest BCUT2D eigenvalue weighted by atomic mass is 9.59. The number of hydrogen-bond acceptors (Lipinski definition) is 6. The second kappa shape index (κ2) is 11.9. The van der Waals surface area contributed by atoms with E-state index >= 15 is 0 Å². The van der Waals surface area contributed by atoms with Crippen LogP contribution >= 0.6 is 23.2 Å². The first kappa shape index (κ1) is 30.8. The summed E-state index contributed by atoms with van der Waals surface area (Å²) in [5.74, 6) is -0.839. The molecule has 3 aliphatic rings. The Labute approximate surface area is 266 Å². The number of aryl methyl sites for hydroxylation is 1. The molecule has 0 radical (unpaired) electrons. The van der Waals surface area contributed by atoms with E-state index in [0.717, 1.165) is 60.2 Å². The van der Waals surface area contributed by atoms with Crippen LogP contribution in [0.1, 0.15) is 74.3 Å². The van der Waals surface area contributed by atoms with Crippen LogP contribution in [-0.2, 0) is 29.5 Å². The first-order valence-electron chi connectivity index (χ1n) is 15.3. The summed E-state index contributed by atoms with van der Waals surface area (Å²) in [6.07, 6.45) is 8.98. The molecule has 44 heavy (non-hydrogen) atoms. The molecule has 0 bridgehead atoms. The van der Waals surface area contributed by atoms with Crippen LogP contribution in [0.2, 0.25) is 10.0 Å². The van der Waals surface area contributed by atoms with Crippen LogP contribution < -0.4 is 10.1 Å². The van der Waals surface area contributed by atoms with Crippen molar-refractivity contribution in [2.45, 2.75) is 82.1 Å². The second-order valence-electron chi connectivity index (χ2n) is 12.9. The molecule has 3 aromatic rings. The van der Waals surface area contributed by atoms with E-state index in [9.17, 15) is 24.5 Å². The highest BCUT2D eigenvalue weighted by Crippen LogP contribution is 2.57. The average molecular weight is 644 g/mol. The molecule has 1 spiro atoms. The van der Waals surface area contributed by atoms with Gasteiger partial charge in [0.25, 0.3) is 0 Å². The molecule has 0 amide bonds. The zero-order valence-electron chi connectivity index (χ0n) is 24.6. The maximum absolute atomic E-state index is 13.8. The first-order chi connectivity index (χ1) is 21.0. The van der Waals surface area contributed by atoms with Gasteiger partial charge in [0.15, 0.2) is 11.5 Å². The predicted molar refractivity (Wildman–Crippen MR) is 168 cm³/mol. The number of aliphatic carboxylic acids is 1. The van der Waals surface area contributed by atoms with Crippen LogP contribution in [0.15, 0.2) is 36.5 Å². The van der Waals surface area contributed by atoms with E-state index in [2.05, 4.69) is 17.2 Å². The molecule has 0 saturated heterocycles. The van der Waals surface area contributed by atoms with Gasteiger partial charge in [-0.2, -0.15) is 0 Å². The minimum Gasteiger partial charge on any atom is -0.504 e. The van der Waals surface area contributed by atoms with Crippen LogP contribution in [0.3, 0.4) is 0 Å². The number of phenolic OH excluding ortho intramolecular Hbond substituents is 2. The largest absolute Gasteiger partial charge is 0.504 e. The molecule has 2 aromatic carbocycles. The summed E-state index contributed by atoms with van der Waals surface area (Å²) in [4.78, 5) is 17.2. The van der Waals surface area contributed by atoms with Crippen LogP contribution in [0.4, 0.5) is 10.1 Å². The van der Waals surface area contributed by atoms with Gasteiger partial charge in [-0.15, -0.1) is 0 Å². The Hall–Kier alpha value is -3.23. The number of ether oxygens (including phenoxy) is 1. The molecule has 7 nitrogen and oxygen atoms in total. The summed E-state index contributed by atoms with van der Waals surface area (Å²) in [7, 11) is 0.